The van der Waals surface area contributed by atoms with Crippen molar-refractivity contribution < 1.29 is 17.6 Å². The van der Waals surface area contributed by atoms with Gasteiger partial charge >= 0.3 is 0 Å². The molecule has 2 N–H and O–H groups in total. The molecule has 34 heavy (non-hydrogen) atoms. The lowest BCUT2D eigenvalue weighted by molar-refractivity contribution is -0.121. The van der Waals surface area contributed by atoms with Gasteiger partial charge in [-0.3, -0.25) is 14.4 Å². The predicted molar refractivity (Wildman–Crippen MR) is 132 cm³/mol. The van der Waals surface area contributed by atoms with E-state index >= 15 is 0 Å². The SMILES string of the molecule is O=C(Nc1ccc(S(=O)(=O)Nc2ccc(F)cc2)cc1)C1CCN(Cc2ccc(Cl)cc2)CC1. The summed E-state index contributed by atoms with van der Waals surface area (Å²) >= 11 is 5.94. The number of hydrogen-bond acceptors (Lipinski definition) is 4. The molecule has 3 aromatic rings. The molecule has 6 nitrogen and oxygen atoms in total. The molecule has 1 saturated heterocycles. The summed E-state index contributed by atoms with van der Waals surface area (Å²) in [6, 6.07) is 18.8. The standard InChI is InChI=1S/C25H25ClFN3O3S/c26-20-3-1-18(2-4-20)17-30-15-13-19(14-16-30)25(31)28-22-9-11-24(12-10-22)34(32,33)29-23-7-5-21(27)6-8-23/h1-12,19,29H,13-17H2,(H,28,31). The zero-order valence-corrected chi connectivity index (χ0v) is 19.9. The van der Waals surface area contributed by atoms with Crippen molar-refractivity contribution in [3.63, 3.8) is 0 Å². The predicted octanol–water partition coefficient (Wildman–Crippen LogP) is 5.13. The second-order valence-corrected chi connectivity index (χ2v) is 10.4. The topological polar surface area (TPSA) is 78.5 Å². The van der Waals surface area contributed by atoms with Crippen LogP contribution in [-0.2, 0) is 21.4 Å². The number of carbonyl (C=O) groups is 1. The Labute approximate surface area is 203 Å². The average Bonchev–Trinajstić information content (AvgIpc) is 2.83. The number of likely N-dealkylation sites (tertiary alicyclic amines) is 1. The van der Waals surface area contributed by atoms with Gasteiger partial charge in [-0.15, -0.1) is 0 Å². The molecule has 0 radical (unpaired) electrons. The maximum Gasteiger partial charge on any atom is 0.261 e. The Morgan fingerprint density at radius 3 is 2.12 bits per heavy atom. The van der Waals surface area contributed by atoms with Gasteiger partial charge in [-0.25, -0.2) is 12.8 Å². The highest BCUT2D eigenvalue weighted by Gasteiger charge is 2.25. The third kappa shape index (κ3) is 6.34. The summed E-state index contributed by atoms with van der Waals surface area (Å²) in [5.41, 5.74) is 1.99. The molecule has 1 aliphatic heterocycles. The van der Waals surface area contributed by atoms with Crippen LogP contribution in [0.15, 0.2) is 77.7 Å². The normalized spacial score (nSPS) is 15.1. The Balaban J connectivity index is 1.29. The van der Waals surface area contributed by atoms with Gasteiger partial charge < -0.3 is 5.32 Å². The van der Waals surface area contributed by atoms with Gasteiger partial charge in [0.1, 0.15) is 5.82 Å². The van der Waals surface area contributed by atoms with Crippen molar-refractivity contribution in [3.8, 4) is 0 Å². The molecule has 1 fully saturated rings. The molecule has 0 aliphatic carbocycles. The lowest BCUT2D eigenvalue weighted by atomic mass is 9.95. The Morgan fingerprint density at radius 1 is 0.912 bits per heavy atom. The highest BCUT2D eigenvalue weighted by Crippen LogP contribution is 2.23. The van der Waals surface area contributed by atoms with Crippen LogP contribution >= 0.6 is 11.6 Å². The summed E-state index contributed by atoms with van der Waals surface area (Å²) in [4.78, 5) is 15.1. The number of anilines is 2. The molecule has 0 unspecified atom stereocenters. The second-order valence-electron chi connectivity index (χ2n) is 8.30. The van der Waals surface area contributed by atoms with Crippen molar-refractivity contribution in [1.29, 1.82) is 0 Å². The van der Waals surface area contributed by atoms with Gasteiger partial charge in [-0.1, -0.05) is 23.7 Å². The van der Waals surface area contributed by atoms with Crippen molar-refractivity contribution in [2.75, 3.05) is 23.1 Å². The summed E-state index contributed by atoms with van der Waals surface area (Å²) in [7, 11) is -3.82. The maximum absolute atomic E-state index is 13.0. The molecule has 3 aromatic carbocycles. The van der Waals surface area contributed by atoms with Crippen molar-refractivity contribution >= 4 is 38.9 Å². The minimum absolute atomic E-state index is 0.0466. The molecular weight excluding hydrogens is 477 g/mol. The highest BCUT2D eigenvalue weighted by atomic mass is 35.5. The summed E-state index contributed by atoms with van der Waals surface area (Å²) < 4.78 is 40.5. The first-order valence-electron chi connectivity index (χ1n) is 10.9. The van der Waals surface area contributed by atoms with Gasteiger partial charge in [0.05, 0.1) is 4.90 Å². The van der Waals surface area contributed by atoms with Gasteiger partial charge in [0.15, 0.2) is 0 Å². The third-order valence-corrected chi connectivity index (χ3v) is 7.46. The lowest BCUT2D eigenvalue weighted by Gasteiger charge is -2.31. The number of sulfonamides is 1. The molecule has 0 saturated carbocycles. The Kier molecular flexibility index (Phi) is 7.50. The zero-order valence-electron chi connectivity index (χ0n) is 18.4. The molecule has 1 aliphatic rings. The number of nitrogens with one attached hydrogen (secondary N) is 2. The number of nitrogens with zero attached hydrogens (tertiary/aromatic N) is 1. The second kappa shape index (κ2) is 10.5. The van der Waals surface area contributed by atoms with E-state index in [2.05, 4.69) is 14.9 Å². The lowest BCUT2D eigenvalue weighted by Crippen LogP contribution is -2.37. The number of piperidine rings is 1. The minimum Gasteiger partial charge on any atom is -0.326 e. The molecular formula is C25H25ClFN3O3S. The van der Waals surface area contributed by atoms with Crippen LogP contribution in [0.3, 0.4) is 0 Å². The van der Waals surface area contributed by atoms with E-state index in [1.807, 2.05) is 24.3 Å². The fourth-order valence-electron chi connectivity index (χ4n) is 3.90. The van der Waals surface area contributed by atoms with E-state index in [1.165, 1.54) is 42.0 Å². The molecule has 1 amide bonds. The van der Waals surface area contributed by atoms with Crippen LogP contribution in [0.2, 0.25) is 5.02 Å². The quantitative estimate of drug-likeness (QED) is 0.470. The summed E-state index contributed by atoms with van der Waals surface area (Å²) in [5, 5.41) is 3.60. The molecule has 0 aromatic heterocycles. The Hall–Kier alpha value is -2.94. The van der Waals surface area contributed by atoms with Crippen molar-refractivity contribution in [3.05, 3.63) is 89.2 Å². The van der Waals surface area contributed by atoms with E-state index in [0.717, 1.165) is 32.5 Å². The molecule has 0 atom stereocenters. The van der Waals surface area contributed by atoms with Gasteiger partial charge in [0.25, 0.3) is 10.0 Å². The van der Waals surface area contributed by atoms with Crippen LogP contribution in [0.25, 0.3) is 0 Å². The van der Waals surface area contributed by atoms with E-state index in [9.17, 15) is 17.6 Å². The first-order chi connectivity index (χ1) is 16.3. The van der Waals surface area contributed by atoms with Crippen molar-refractivity contribution in [2.45, 2.75) is 24.3 Å². The van der Waals surface area contributed by atoms with Gasteiger partial charge in [-0.2, -0.15) is 0 Å². The van der Waals surface area contributed by atoms with Gasteiger partial charge in [0, 0.05) is 28.9 Å². The highest BCUT2D eigenvalue weighted by molar-refractivity contribution is 7.92. The van der Waals surface area contributed by atoms with E-state index < -0.39 is 15.8 Å². The number of benzene rings is 3. The van der Waals surface area contributed by atoms with Crippen LogP contribution in [0.4, 0.5) is 15.8 Å². The van der Waals surface area contributed by atoms with Crippen molar-refractivity contribution in [1.82, 2.24) is 4.90 Å². The van der Waals surface area contributed by atoms with Gasteiger partial charge in [0.2, 0.25) is 5.91 Å². The zero-order chi connectivity index (χ0) is 24.1. The smallest absolute Gasteiger partial charge is 0.261 e. The Bertz CT molecular complexity index is 1230. The van der Waals surface area contributed by atoms with Gasteiger partial charge in [-0.05, 0) is 92.2 Å². The number of rotatable bonds is 7. The molecule has 9 heteroatoms. The maximum atomic E-state index is 13.0. The van der Waals surface area contributed by atoms with Crippen molar-refractivity contribution in [2.24, 2.45) is 5.92 Å². The Morgan fingerprint density at radius 2 is 1.50 bits per heavy atom. The largest absolute Gasteiger partial charge is 0.326 e. The van der Waals surface area contributed by atoms with E-state index in [0.29, 0.717) is 10.7 Å². The van der Waals surface area contributed by atoms with E-state index in [4.69, 9.17) is 11.6 Å². The molecule has 4 rings (SSSR count). The fraction of sp³-hybridized carbons (Fsp3) is 0.240. The van der Waals surface area contributed by atoms with Crippen LogP contribution in [0, 0.1) is 11.7 Å². The van der Waals surface area contributed by atoms with Crippen LogP contribution < -0.4 is 10.0 Å². The number of halogens is 2. The number of carbonyl (C=O) groups excluding carboxylic acids is 1. The van der Waals surface area contributed by atoms with E-state index in [-0.39, 0.29) is 22.4 Å². The summed E-state index contributed by atoms with van der Waals surface area (Å²) in [6.45, 7) is 2.48. The minimum atomic E-state index is -3.82. The summed E-state index contributed by atoms with van der Waals surface area (Å²) in [5.74, 6) is -0.605. The first kappa shape index (κ1) is 24.2. The first-order valence-corrected chi connectivity index (χ1v) is 12.8. The average molecular weight is 502 g/mol. The fourth-order valence-corrected chi connectivity index (χ4v) is 5.08. The monoisotopic (exact) mass is 501 g/mol. The summed E-state index contributed by atoms with van der Waals surface area (Å²) in [6.07, 6.45) is 1.51. The number of hydrogen-bond donors (Lipinski definition) is 2. The van der Waals surface area contributed by atoms with Crippen LogP contribution in [0.5, 0.6) is 0 Å². The molecule has 0 bridgehead atoms. The van der Waals surface area contributed by atoms with E-state index in [1.54, 1.807) is 12.1 Å². The molecule has 1 heterocycles. The van der Waals surface area contributed by atoms with Crippen LogP contribution in [0.1, 0.15) is 18.4 Å². The van der Waals surface area contributed by atoms with Crippen LogP contribution in [-0.4, -0.2) is 32.3 Å². The third-order valence-electron chi connectivity index (χ3n) is 5.81. The molecule has 0 spiro atoms. The molecule has 178 valence electrons. The number of amides is 1.